The van der Waals surface area contributed by atoms with Crippen molar-refractivity contribution < 1.29 is 0 Å². The molecule has 0 spiro atoms. The molecule has 0 aliphatic carbocycles. The zero-order chi connectivity index (χ0) is 12.3. The van der Waals surface area contributed by atoms with Gasteiger partial charge in [-0.15, -0.1) is 0 Å². The summed E-state index contributed by atoms with van der Waals surface area (Å²) in [4.78, 5) is 0. The topological polar surface area (TPSA) is 49.6 Å². The molecule has 0 atom stereocenters. The van der Waals surface area contributed by atoms with Crippen molar-refractivity contribution >= 4 is 5.57 Å². The van der Waals surface area contributed by atoms with Crippen LogP contribution in [0, 0.1) is 18.3 Å². The van der Waals surface area contributed by atoms with Gasteiger partial charge < -0.3 is 0 Å². The Morgan fingerprint density at radius 1 is 1.24 bits per heavy atom. The summed E-state index contributed by atoms with van der Waals surface area (Å²) in [7, 11) is 0. The van der Waals surface area contributed by atoms with Gasteiger partial charge in [-0.1, -0.05) is 24.8 Å². The van der Waals surface area contributed by atoms with E-state index in [0.717, 1.165) is 22.5 Å². The van der Waals surface area contributed by atoms with Gasteiger partial charge >= 0.3 is 0 Å². The maximum atomic E-state index is 8.81. The van der Waals surface area contributed by atoms with Gasteiger partial charge in [0.1, 0.15) is 0 Å². The number of hydrogen-bond acceptors (Lipinski definition) is 3. The molecule has 2 aromatic rings. The molecule has 0 bridgehead atoms. The lowest BCUT2D eigenvalue weighted by Gasteiger charge is -2.03. The van der Waals surface area contributed by atoms with Crippen LogP contribution in [0.15, 0.2) is 43.0 Å². The Bertz CT molecular complexity index is 592. The predicted octanol–water partition coefficient (Wildman–Crippen LogP) is 2.99. The lowest BCUT2D eigenvalue weighted by atomic mass is 10.0. The molecule has 3 heteroatoms. The van der Waals surface area contributed by atoms with Gasteiger partial charge in [0.15, 0.2) is 0 Å². The van der Waals surface area contributed by atoms with E-state index in [-0.39, 0.29) is 0 Å². The van der Waals surface area contributed by atoms with Crippen molar-refractivity contribution in [1.29, 1.82) is 5.26 Å². The summed E-state index contributed by atoms with van der Waals surface area (Å²) in [5.74, 6) is 0. The minimum absolute atomic E-state index is 0.451. The molecule has 2 rings (SSSR count). The lowest BCUT2D eigenvalue weighted by Crippen LogP contribution is -1.90. The van der Waals surface area contributed by atoms with E-state index in [1.165, 1.54) is 0 Å². The smallest absolute Gasteiger partial charge is 0.0991 e. The molecule has 1 aromatic heterocycles. The van der Waals surface area contributed by atoms with Crippen LogP contribution >= 0.6 is 0 Å². The molecule has 0 amide bonds. The van der Waals surface area contributed by atoms with Crippen LogP contribution in [0.3, 0.4) is 0 Å². The van der Waals surface area contributed by atoms with Crippen molar-refractivity contribution in [2.75, 3.05) is 0 Å². The van der Waals surface area contributed by atoms with Crippen molar-refractivity contribution in [1.82, 2.24) is 10.2 Å². The van der Waals surface area contributed by atoms with Gasteiger partial charge in [-0.25, -0.2) is 0 Å². The summed E-state index contributed by atoms with van der Waals surface area (Å²) >= 11 is 0. The van der Waals surface area contributed by atoms with Gasteiger partial charge in [0, 0.05) is 5.56 Å². The molecule has 0 N–H and O–H groups in total. The van der Waals surface area contributed by atoms with Gasteiger partial charge in [0.25, 0.3) is 0 Å². The third-order valence-corrected chi connectivity index (χ3v) is 2.44. The van der Waals surface area contributed by atoms with Crippen molar-refractivity contribution in [3.63, 3.8) is 0 Å². The van der Waals surface area contributed by atoms with E-state index in [9.17, 15) is 0 Å². The number of aryl methyl sites for hydroxylation is 1. The second-order valence-electron chi connectivity index (χ2n) is 3.73. The molecular formula is C14H11N3. The second kappa shape index (κ2) is 4.58. The molecule has 17 heavy (non-hydrogen) atoms. The van der Waals surface area contributed by atoms with Gasteiger partial charge in [0.05, 0.1) is 23.0 Å². The molecule has 1 heterocycles. The van der Waals surface area contributed by atoms with Gasteiger partial charge in [-0.3, -0.25) is 0 Å². The number of nitriles is 1. The SMILES string of the molecule is C=C(C#N)c1cccc(-c2ccc(C)nn2)c1. The molecule has 0 saturated carbocycles. The molecule has 0 aliphatic rings. The van der Waals surface area contributed by atoms with Crippen LogP contribution in [0.25, 0.3) is 16.8 Å². The normalized spacial score (nSPS) is 9.65. The fourth-order valence-corrected chi connectivity index (χ4v) is 1.48. The predicted molar refractivity (Wildman–Crippen MR) is 66.9 cm³/mol. The summed E-state index contributed by atoms with van der Waals surface area (Å²) < 4.78 is 0. The van der Waals surface area contributed by atoms with Crippen LogP contribution in [0.1, 0.15) is 11.3 Å². The van der Waals surface area contributed by atoms with Crippen molar-refractivity contribution in [2.45, 2.75) is 6.92 Å². The van der Waals surface area contributed by atoms with Crippen molar-refractivity contribution in [3.8, 4) is 17.3 Å². The molecule has 0 radical (unpaired) electrons. The molecular weight excluding hydrogens is 210 g/mol. The number of allylic oxidation sites excluding steroid dienone is 1. The molecule has 3 nitrogen and oxygen atoms in total. The number of aromatic nitrogens is 2. The molecule has 0 fully saturated rings. The first-order valence-corrected chi connectivity index (χ1v) is 5.21. The third kappa shape index (κ3) is 2.37. The number of nitrogens with zero attached hydrogens (tertiary/aromatic N) is 3. The molecule has 82 valence electrons. The average molecular weight is 221 g/mol. The van der Waals surface area contributed by atoms with Gasteiger partial charge in [-0.05, 0) is 30.7 Å². The van der Waals surface area contributed by atoms with E-state index in [4.69, 9.17) is 5.26 Å². The Kier molecular flexibility index (Phi) is 2.97. The van der Waals surface area contributed by atoms with Crippen LogP contribution in [-0.4, -0.2) is 10.2 Å². The third-order valence-electron chi connectivity index (χ3n) is 2.44. The van der Waals surface area contributed by atoms with Crippen LogP contribution in [0.5, 0.6) is 0 Å². The standard InChI is InChI=1S/C14H11N3/c1-10(9-15)12-4-3-5-13(8-12)14-7-6-11(2)16-17-14/h3-8H,1H2,2H3. The first-order chi connectivity index (χ1) is 8.20. The second-order valence-corrected chi connectivity index (χ2v) is 3.73. The largest absolute Gasteiger partial charge is 0.192 e. The van der Waals surface area contributed by atoms with Crippen molar-refractivity contribution in [3.05, 3.63) is 54.2 Å². The van der Waals surface area contributed by atoms with E-state index in [0.29, 0.717) is 5.57 Å². The lowest BCUT2D eigenvalue weighted by molar-refractivity contribution is 0.987. The van der Waals surface area contributed by atoms with Crippen molar-refractivity contribution in [2.24, 2.45) is 0 Å². The quantitative estimate of drug-likeness (QED) is 0.732. The average Bonchev–Trinajstić information content (AvgIpc) is 2.39. The number of hydrogen-bond donors (Lipinski definition) is 0. The Morgan fingerprint density at radius 2 is 2.06 bits per heavy atom. The molecule has 0 aliphatic heterocycles. The minimum Gasteiger partial charge on any atom is -0.192 e. The van der Waals surface area contributed by atoms with Gasteiger partial charge in [-0.2, -0.15) is 15.5 Å². The monoisotopic (exact) mass is 221 g/mol. The maximum Gasteiger partial charge on any atom is 0.0991 e. The van der Waals surface area contributed by atoms with E-state index >= 15 is 0 Å². The van der Waals surface area contributed by atoms with Crippen LogP contribution < -0.4 is 0 Å². The molecule has 0 unspecified atom stereocenters. The van der Waals surface area contributed by atoms with E-state index < -0.39 is 0 Å². The van der Waals surface area contributed by atoms with Crippen LogP contribution in [-0.2, 0) is 0 Å². The summed E-state index contributed by atoms with van der Waals surface area (Å²) in [6.45, 7) is 5.59. The Balaban J connectivity index is 2.43. The van der Waals surface area contributed by atoms with E-state index in [1.807, 2.05) is 49.4 Å². The summed E-state index contributed by atoms with van der Waals surface area (Å²) in [6.07, 6.45) is 0. The zero-order valence-electron chi connectivity index (χ0n) is 9.51. The summed E-state index contributed by atoms with van der Waals surface area (Å²) in [5.41, 5.74) is 3.88. The van der Waals surface area contributed by atoms with E-state index in [2.05, 4.69) is 16.8 Å². The van der Waals surface area contributed by atoms with E-state index in [1.54, 1.807) is 0 Å². The first-order valence-electron chi connectivity index (χ1n) is 5.21. The first kappa shape index (κ1) is 11.0. The van der Waals surface area contributed by atoms with Crippen LogP contribution in [0.4, 0.5) is 0 Å². The highest BCUT2D eigenvalue weighted by Crippen LogP contribution is 2.20. The zero-order valence-corrected chi connectivity index (χ0v) is 9.51. The molecule has 0 saturated heterocycles. The number of benzene rings is 1. The highest BCUT2D eigenvalue weighted by atomic mass is 15.1. The highest BCUT2D eigenvalue weighted by molar-refractivity contribution is 5.77. The Hall–Kier alpha value is -2.47. The summed E-state index contributed by atoms with van der Waals surface area (Å²) in [6, 6.07) is 13.4. The Labute approximate surface area is 100 Å². The Morgan fingerprint density at radius 3 is 2.71 bits per heavy atom. The number of rotatable bonds is 2. The maximum absolute atomic E-state index is 8.81. The fraction of sp³-hybridized carbons (Fsp3) is 0.0714. The fourth-order valence-electron chi connectivity index (χ4n) is 1.48. The summed E-state index contributed by atoms with van der Waals surface area (Å²) in [5, 5.41) is 16.9. The minimum atomic E-state index is 0.451. The van der Waals surface area contributed by atoms with Crippen LogP contribution in [0.2, 0.25) is 0 Å². The molecule has 1 aromatic carbocycles. The highest BCUT2D eigenvalue weighted by Gasteiger charge is 2.03. The van der Waals surface area contributed by atoms with Gasteiger partial charge in [0.2, 0.25) is 0 Å².